The van der Waals surface area contributed by atoms with E-state index in [-0.39, 0.29) is 18.0 Å². The minimum Gasteiger partial charge on any atom is -0.475 e. The van der Waals surface area contributed by atoms with Crippen LogP contribution in [0.1, 0.15) is 44.1 Å². The number of hydrogen-bond donors (Lipinski definition) is 4. The highest BCUT2D eigenvalue weighted by atomic mass is 19.4. The number of nitrogens with one attached hydrogen (secondary N) is 2. The number of carboxylic acid groups (broad SMARTS) is 2. The molecule has 1 saturated carbocycles. The van der Waals surface area contributed by atoms with Crippen LogP contribution in [0.4, 0.5) is 36.7 Å². The van der Waals surface area contributed by atoms with Gasteiger partial charge in [-0.15, -0.1) is 0 Å². The van der Waals surface area contributed by atoms with Crippen molar-refractivity contribution in [3.8, 4) is 0 Å². The minimum absolute atomic E-state index is 0.0186. The van der Waals surface area contributed by atoms with Gasteiger partial charge < -0.3 is 30.6 Å². The molecule has 19 heteroatoms. The number of piperidine rings is 1. The van der Waals surface area contributed by atoms with E-state index in [1.807, 2.05) is 23.1 Å². The zero-order valence-electron chi connectivity index (χ0n) is 24.5. The molecule has 5 rings (SSSR count). The van der Waals surface area contributed by atoms with Crippen LogP contribution in [0, 0.1) is 5.82 Å². The van der Waals surface area contributed by atoms with Crippen LogP contribution in [0.15, 0.2) is 47.9 Å². The van der Waals surface area contributed by atoms with Crippen molar-refractivity contribution < 1.29 is 60.2 Å². The smallest absolute Gasteiger partial charge is 0.475 e. The Balaban J connectivity index is 0.000000360. The van der Waals surface area contributed by atoms with Gasteiger partial charge in [0.1, 0.15) is 5.71 Å². The number of hydrogen-bond acceptors (Lipinski definition) is 9. The van der Waals surface area contributed by atoms with Gasteiger partial charge in [0.2, 0.25) is 5.95 Å². The quantitative estimate of drug-likeness (QED) is 0.330. The molecule has 3 heterocycles. The first-order valence-corrected chi connectivity index (χ1v) is 14.2. The van der Waals surface area contributed by atoms with Gasteiger partial charge in [0.25, 0.3) is 5.91 Å². The molecule has 12 nitrogen and oxygen atoms in total. The van der Waals surface area contributed by atoms with E-state index < -0.39 is 35.7 Å². The van der Waals surface area contributed by atoms with E-state index in [2.05, 4.69) is 37.9 Å². The van der Waals surface area contributed by atoms with E-state index in [1.165, 1.54) is 18.0 Å². The van der Waals surface area contributed by atoms with Crippen molar-refractivity contribution in [1.82, 2.24) is 20.6 Å². The first-order chi connectivity index (χ1) is 22.0. The van der Waals surface area contributed by atoms with Crippen LogP contribution in [-0.2, 0) is 25.8 Å². The Morgan fingerprint density at radius 2 is 1.49 bits per heavy atom. The Morgan fingerprint density at radius 1 is 0.936 bits per heavy atom. The predicted molar refractivity (Wildman–Crippen MR) is 150 cm³/mol. The number of alkyl halides is 6. The maximum atomic E-state index is 13.3. The summed E-state index contributed by atoms with van der Waals surface area (Å²) in [5.41, 5.74) is 0.873. The number of benzene rings is 1. The number of carboxylic acids is 2. The second-order valence-corrected chi connectivity index (χ2v) is 10.8. The van der Waals surface area contributed by atoms with Crippen LogP contribution in [-0.4, -0.2) is 86.9 Å². The van der Waals surface area contributed by atoms with E-state index >= 15 is 0 Å². The van der Waals surface area contributed by atoms with Gasteiger partial charge in [-0.1, -0.05) is 48.3 Å². The molecular formula is C28H31F7N6O6. The average molecular weight is 681 g/mol. The molecule has 2 aromatic rings. The molecule has 1 amide bonds. The molecule has 0 bridgehead atoms. The van der Waals surface area contributed by atoms with Crippen LogP contribution < -0.4 is 15.5 Å². The Kier molecular flexibility index (Phi) is 12.4. The number of rotatable bonds is 6. The third-order valence-corrected chi connectivity index (χ3v) is 7.31. The van der Waals surface area contributed by atoms with Gasteiger partial charge in [0.05, 0.1) is 25.0 Å². The second-order valence-electron chi connectivity index (χ2n) is 10.8. The van der Waals surface area contributed by atoms with Crippen molar-refractivity contribution in [2.45, 2.75) is 75.1 Å². The summed E-state index contributed by atoms with van der Waals surface area (Å²) in [6.07, 6.45) is -2.35. The lowest BCUT2D eigenvalue weighted by atomic mass is 9.83. The third-order valence-electron chi connectivity index (χ3n) is 7.31. The maximum absolute atomic E-state index is 13.3. The zero-order valence-corrected chi connectivity index (χ0v) is 24.5. The van der Waals surface area contributed by atoms with E-state index in [4.69, 9.17) is 24.6 Å². The van der Waals surface area contributed by atoms with Gasteiger partial charge in [-0.05, 0) is 24.8 Å². The van der Waals surface area contributed by atoms with Gasteiger partial charge in [-0.2, -0.15) is 26.3 Å². The highest BCUT2D eigenvalue weighted by molar-refractivity contribution is 6.39. The van der Waals surface area contributed by atoms with Crippen LogP contribution >= 0.6 is 0 Å². The second kappa shape index (κ2) is 15.8. The van der Waals surface area contributed by atoms with Crippen molar-refractivity contribution in [3.05, 3.63) is 54.1 Å². The summed E-state index contributed by atoms with van der Waals surface area (Å²) in [7, 11) is 0. The molecule has 2 fully saturated rings. The van der Waals surface area contributed by atoms with Crippen LogP contribution in [0.5, 0.6) is 0 Å². The van der Waals surface area contributed by atoms with Gasteiger partial charge in [-0.3, -0.25) is 4.79 Å². The highest BCUT2D eigenvalue weighted by Gasteiger charge is 2.51. The van der Waals surface area contributed by atoms with E-state index in [0.717, 1.165) is 32.1 Å². The number of oxime groups is 1. The van der Waals surface area contributed by atoms with E-state index in [1.54, 1.807) is 0 Å². The molecule has 1 aliphatic carbocycles. The average Bonchev–Trinajstić information content (AvgIpc) is 3.68. The van der Waals surface area contributed by atoms with Crippen molar-refractivity contribution in [3.63, 3.8) is 0 Å². The predicted octanol–water partition coefficient (Wildman–Crippen LogP) is 3.82. The number of carbonyl (C=O) groups is 3. The van der Waals surface area contributed by atoms with Crippen LogP contribution in [0.3, 0.4) is 0 Å². The zero-order chi connectivity index (χ0) is 34.8. The number of carbonyl (C=O) groups excluding carboxylic acids is 1. The summed E-state index contributed by atoms with van der Waals surface area (Å²) in [5, 5.41) is 25.2. The largest absolute Gasteiger partial charge is 0.490 e. The maximum Gasteiger partial charge on any atom is 0.490 e. The Morgan fingerprint density at radius 3 is 2.02 bits per heavy atom. The number of amides is 1. The molecule has 2 aliphatic heterocycles. The molecule has 1 aromatic carbocycles. The molecule has 1 spiro atoms. The van der Waals surface area contributed by atoms with Crippen LogP contribution in [0.2, 0.25) is 0 Å². The number of anilines is 1. The Bertz CT molecular complexity index is 1360. The standard InChI is InChI=1S/C24H29FN6O2.2C2HF3O2/c25-18-14-27-23(28-15-18)31-11-10-21(26-13-17-6-2-1-3-7-17)24(16-31)12-20(30-33-24)22(32)29-19-8-4-5-9-19;2*3-2(4,5)1(6)7/h1-3,6-7,14-15,19,21,26H,4-5,8-13,16H2,(H,29,32);2*(H,6,7). The summed E-state index contributed by atoms with van der Waals surface area (Å²) in [4.78, 5) is 47.0. The topological polar surface area (TPSA) is 166 Å². The first-order valence-electron chi connectivity index (χ1n) is 14.2. The van der Waals surface area contributed by atoms with Crippen molar-refractivity contribution in [2.24, 2.45) is 5.16 Å². The summed E-state index contributed by atoms with van der Waals surface area (Å²) in [6, 6.07) is 10.4. The summed E-state index contributed by atoms with van der Waals surface area (Å²) >= 11 is 0. The minimum atomic E-state index is -5.08. The molecule has 1 saturated heterocycles. The lowest BCUT2D eigenvalue weighted by Crippen LogP contribution is -2.62. The molecule has 1 aromatic heterocycles. The lowest BCUT2D eigenvalue weighted by molar-refractivity contribution is -0.193. The fraction of sp³-hybridized carbons (Fsp3) is 0.500. The van der Waals surface area contributed by atoms with Gasteiger partial charge >= 0.3 is 24.3 Å². The van der Waals surface area contributed by atoms with Crippen LogP contribution in [0.25, 0.3) is 0 Å². The lowest BCUT2D eigenvalue weighted by Gasteiger charge is -2.44. The molecular weight excluding hydrogens is 649 g/mol. The molecule has 47 heavy (non-hydrogen) atoms. The SMILES string of the molecule is O=C(NC1CCCC1)C1=NOC2(C1)CN(c1ncc(F)cn1)CCC2NCc1ccccc1.O=C(O)C(F)(F)F.O=C(O)C(F)(F)F. The van der Waals surface area contributed by atoms with Crippen molar-refractivity contribution in [2.75, 3.05) is 18.0 Å². The fourth-order valence-corrected chi connectivity index (χ4v) is 5.05. The number of halogens is 7. The Labute approximate surface area is 263 Å². The van der Waals surface area contributed by atoms with Gasteiger partial charge in [0, 0.05) is 25.6 Å². The number of aromatic nitrogens is 2. The summed E-state index contributed by atoms with van der Waals surface area (Å²) in [5.74, 6) is -5.68. The molecule has 258 valence electrons. The summed E-state index contributed by atoms with van der Waals surface area (Å²) in [6.45, 7) is 1.83. The molecule has 4 N–H and O–H groups in total. The number of aliphatic carboxylic acids is 2. The highest BCUT2D eigenvalue weighted by Crippen LogP contribution is 2.35. The fourth-order valence-electron chi connectivity index (χ4n) is 5.05. The monoisotopic (exact) mass is 680 g/mol. The van der Waals surface area contributed by atoms with Crippen molar-refractivity contribution >= 4 is 29.5 Å². The van der Waals surface area contributed by atoms with E-state index in [0.29, 0.717) is 37.7 Å². The first kappa shape index (κ1) is 36.9. The molecule has 2 atom stereocenters. The molecule has 2 unspecified atom stereocenters. The van der Waals surface area contributed by atoms with E-state index in [9.17, 15) is 35.5 Å². The summed E-state index contributed by atoms with van der Waals surface area (Å²) < 4.78 is 76.8. The van der Waals surface area contributed by atoms with Gasteiger partial charge in [-0.25, -0.2) is 23.9 Å². The normalized spacial score (nSPS) is 21.0. The third kappa shape index (κ3) is 11.0. The molecule has 3 aliphatic rings. The number of nitrogens with zero attached hydrogens (tertiary/aromatic N) is 4. The van der Waals surface area contributed by atoms with Crippen molar-refractivity contribution in [1.29, 1.82) is 0 Å². The Hall–Kier alpha value is -4.55. The molecule has 0 radical (unpaired) electrons. The van der Waals surface area contributed by atoms with Gasteiger partial charge in [0.15, 0.2) is 11.4 Å².